The minimum Gasteiger partial charge on any atom is -0.497 e. The highest BCUT2D eigenvalue weighted by Crippen LogP contribution is 2.52. The molecule has 3 aromatic carbocycles. The fourth-order valence-corrected chi connectivity index (χ4v) is 8.39. The number of nitrogens with one attached hydrogen (secondary N) is 1. The van der Waals surface area contributed by atoms with Crippen LogP contribution in [0.5, 0.6) is 11.5 Å². The maximum atomic E-state index is 14.4. The minimum atomic E-state index is -3.67. The van der Waals surface area contributed by atoms with Gasteiger partial charge in [-0.3, -0.25) is 9.59 Å². The highest BCUT2D eigenvalue weighted by atomic mass is 35.5. The van der Waals surface area contributed by atoms with Crippen LogP contribution in [0, 0.1) is 11.3 Å². The number of benzene rings is 3. The average Bonchev–Trinajstić information content (AvgIpc) is 3.48. The Morgan fingerprint density at radius 3 is 2.50 bits per heavy atom. The van der Waals surface area contributed by atoms with Crippen LogP contribution in [0.3, 0.4) is 0 Å². The predicted octanol–water partition coefficient (Wildman–Crippen LogP) is 7.10. The van der Waals surface area contributed by atoms with E-state index >= 15 is 0 Å². The third kappa shape index (κ3) is 7.25. The van der Waals surface area contributed by atoms with E-state index in [1.807, 2.05) is 48.7 Å². The first-order valence-electron chi connectivity index (χ1n) is 15.3. The van der Waals surface area contributed by atoms with E-state index in [1.165, 1.54) is 18.4 Å². The number of amides is 1. The zero-order chi connectivity index (χ0) is 32.9. The number of Topliss-reactive ketones (excluding diaryl/α,β-unsaturated/α-hetero) is 1. The Morgan fingerprint density at radius 1 is 1.07 bits per heavy atom. The Hall–Kier alpha value is -3.44. The molecule has 1 aromatic heterocycles. The molecule has 1 saturated carbocycles. The van der Waals surface area contributed by atoms with Crippen molar-refractivity contribution in [2.24, 2.45) is 11.3 Å². The first-order chi connectivity index (χ1) is 22.1. The van der Waals surface area contributed by atoms with Crippen molar-refractivity contribution in [3.63, 3.8) is 0 Å². The molecule has 1 fully saturated rings. The van der Waals surface area contributed by atoms with Gasteiger partial charge >= 0.3 is 0 Å². The molecule has 46 heavy (non-hydrogen) atoms. The monoisotopic (exact) mass is 682 g/mol. The summed E-state index contributed by atoms with van der Waals surface area (Å²) in [7, 11) is -0.603. The van der Waals surface area contributed by atoms with Gasteiger partial charge < -0.3 is 14.4 Å². The molecule has 1 heterocycles. The van der Waals surface area contributed by atoms with Crippen molar-refractivity contribution in [2.45, 2.75) is 45.7 Å². The maximum Gasteiger partial charge on any atom is 0.229 e. The van der Waals surface area contributed by atoms with Gasteiger partial charge in [-0.2, -0.15) is 0 Å². The van der Waals surface area contributed by atoms with E-state index in [-0.39, 0.29) is 43.5 Å². The summed E-state index contributed by atoms with van der Waals surface area (Å²) in [5.74, 6) is 0.428. The summed E-state index contributed by atoms with van der Waals surface area (Å²) >= 11 is 7.66. The second-order valence-electron chi connectivity index (χ2n) is 11.6. The van der Waals surface area contributed by atoms with Crippen LogP contribution in [-0.4, -0.2) is 51.5 Å². The second-order valence-corrected chi connectivity index (χ2v) is 14.9. The van der Waals surface area contributed by atoms with Gasteiger partial charge in [-0.25, -0.2) is 13.1 Å². The molecule has 2 unspecified atom stereocenters. The average molecular weight is 683 g/mol. The number of carbonyl (C=O) groups excluding carboxylic acids is 2. The number of sulfonamides is 1. The largest absolute Gasteiger partial charge is 0.497 e. The van der Waals surface area contributed by atoms with Gasteiger partial charge in [-0.1, -0.05) is 54.9 Å². The van der Waals surface area contributed by atoms with Crippen LogP contribution >= 0.6 is 22.9 Å². The van der Waals surface area contributed by atoms with Gasteiger partial charge in [-0.05, 0) is 55.5 Å². The third-order valence-corrected chi connectivity index (χ3v) is 11.7. The molecular formula is C35H39ClN2O6S2. The summed E-state index contributed by atoms with van der Waals surface area (Å²) in [4.78, 5) is 30.1. The number of nitrogens with zero attached hydrogens (tertiary/aromatic N) is 1. The Morgan fingerprint density at radius 2 is 1.83 bits per heavy atom. The van der Waals surface area contributed by atoms with Gasteiger partial charge in [-0.15, -0.1) is 11.3 Å². The summed E-state index contributed by atoms with van der Waals surface area (Å²) in [5, 5.41) is 3.41. The van der Waals surface area contributed by atoms with E-state index in [2.05, 4.69) is 4.72 Å². The van der Waals surface area contributed by atoms with E-state index in [9.17, 15) is 18.0 Å². The lowest BCUT2D eigenvalue weighted by Crippen LogP contribution is -2.55. The first-order valence-corrected chi connectivity index (χ1v) is 18.2. The number of ether oxygens (including phenoxy) is 2. The quantitative estimate of drug-likeness (QED) is 0.134. The van der Waals surface area contributed by atoms with Gasteiger partial charge in [0.1, 0.15) is 11.5 Å². The standard InChI is InChI=1S/C35H39ClN2O6S2/c1-4-35(17-16-30(35)33(39)29-23-45-32-9-6-5-8-28(29)32)34(40)38(22-24-10-13-26(36)14-11-24)18-7-19-46(41,42)37-21-25-12-15-27(43-2)20-31(25)44-3/h5-6,8-15,20,23,30,37H,4,7,16-19,21-22H2,1-3H3. The molecule has 11 heteroatoms. The van der Waals surface area contributed by atoms with Crippen molar-refractivity contribution in [3.8, 4) is 11.5 Å². The van der Waals surface area contributed by atoms with Crippen molar-refractivity contribution in [3.05, 3.63) is 93.8 Å². The van der Waals surface area contributed by atoms with E-state index in [0.717, 1.165) is 15.6 Å². The van der Waals surface area contributed by atoms with Crippen molar-refractivity contribution >= 4 is 54.7 Å². The summed E-state index contributed by atoms with van der Waals surface area (Å²) < 4.78 is 40.4. The van der Waals surface area contributed by atoms with Crippen LogP contribution in [0.2, 0.25) is 5.02 Å². The number of rotatable bonds is 15. The maximum absolute atomic E-state index is 14.4. The van der Waals surface area contributed by atoms with Crippen molar-refractivity contribution in [1.29, 1.82) is 0 Å². The van der Waals surface area contributed by atoms with Gasteiger partial charge in [0, 0.05) is 63.2 Å². The molecule has 2 atom stereocenters. The molecule has 0 spiro atoms. The zero-order valence-corrected chi connectivity index (χ0v) is 28.6. The lowest BCUT2D eigenvalue weighted by atomic mass is 9.55. The molecule has 0 bridgehead atoms. The number of hydrogen-bond acceptors (Lipinski definition) is 7. The molecule has 1 aliphatic carbocycles. The van der Waals surface area contributed by atoms with E-state index < -0.39 is 21.4 Å². The van der Waals surface area contributed by atoms with Crippen molar-refractivity contribution in [1.82, 2.24) is 9.62 Å². The van der Waals surface area contributed by atoms with Crippen LogP contribution < -0.4 is 14.2 Å². The van der Waals surface area contributed by atoms with Gasteiger partial charge in [0.05, 0.1) is 25.4 Å². The number of hydrogen-bond donors (Lipinski definition) is 1. The number of halogens is 1. The normalized spacial score (nSPS) is 17.8. The van der Waals surface area contributed by atoms with E-state index in [4.69, 9.17) is 21.1 Å². The molecule has 0 radical (unpaired) electrons. The highest BCUT2D eigenvalue weighted by molar-refractivity contribution is 7.89. The third-order valence-electron chi connectivity index (χ3n) is 9.06. The summed E-state index contributed by atoms with van der Waals surface area (Å²) in [5.41, 5.74) is 1.39. The second kappa shape index (κ2) is 14.5. The molecule has 0 aliphatic heterocycles. The Labute approximate surface area is 279 Å². The Bertz CT molecular complexity index is 1800. The van der Waals surface area contributed by atoms with E-state index in [0.29, 0.717) is 46.9 Å². The van der Waals surface area contributed by atoms with Crippen LogP contribution in [0.15, 0.2) is 72.1 Å². The fraction of sp³-hybridized carbons (Fsp3) is 0.371. The predicted molar refractivity (Wildman–Crippen MR) is 183 cm³/mol. The summed E-state index contributed by atoms with van der Waals surface area (Å²) in [6.45, 7) is 2.53. The highest BCUT2D eigenvalue weighted by Gasteiger charge is 2.56. The lowest BCUT2D eigenvalue weighted by Gasteiger charge is -2.49. The molecular weight excluding hydrogens is 644 g/mol. The van der Waals surface area contributed by atoms with Gasteiger partial charge in [0.25, 0.3) is 0 Å². The molecule has 1 N–H and O–H groups in total. The zero-order valence-electron chi connectivity index (χ0n) is 26.3. The molecule has 0 saturated heterocycles. The molecule has 4 aromatic rings. The van der Waals surface area contributed by atoms with Gasteiger partial charge in [0.2, 0.25) is 15.9 Å². The van der Waals surface area contributed by atoms with Crippen LogP contribution in [0.25, 0.3) is 10.1 Å². The SMILES string of the molecule is CCC1(C(=O)N(CCCS(=O)(=O)NCc2ccc(OC)cc2OC)Cc2ccc(Cl)cc2)CCC1C(=O)c1csc2ccccc12. The molecule has 1 aliphatic rings. The number of ketones is 1. The molecule has 5 rings (SSSR count). The van der Waals surface area contributed by atoms with E-state index in [1.54, 1.807) is 42.3 Å². The van der Waals surface area contributed by atoms with Crippen LogP contribution in [0.4, 0.5) is 0 Å². The Balaban J connectivity index is 1.31. The molecule has 244 valence electrons. The number of carbonyl (C=O) groups is 2. The fourth-order valence-electron chi connectivity index (χ4n) is 6.29. The number of thiophene rings is 1. The smallest absolute Gasteiger partial charge is 0.229 e. The topological polar surface area (TPSA) is 102 Å². The summed E-state index contributed by atoms with van der Waals surface area (Å²) in [6.07, 6.45) is 2.00. The lowest BCUT2D eigenvalue weighted by molar-refractivity contribution is -0.152. The first kappa shape index (κ1) is 33.9. The van der Waals surface area contributed by atoms with Crippen LogP contribution in [-0.2, 0) is 27.9 Å². The minimum absolute atomic E-state index is 0.00563. The van der Waals surface area contributed by atoms with Crippen LogP contribution in [0.1, 0.15) is 54.1 Å². The Kier molecular flexibility index (Phi) is 10.7. The van der Waals surface area contributed by atoms with Gasteiger partial charge in [0.15, 0.2) is 5.78 Å². The van der Waals surface area contributed by atoms with Crippen molar-refractivity contribution in [2.75, 3.05) is 26.5 Å². The molecule has 1 amide bonds. The summed E-state index contributed by atoms with van der Waals surface area (Å²) in [6, 6.07) is 20.3. The molecule has 8 nitrogen and oxygen atoms in total. The van der Waals surface area contributed by atoms with Crippen molar-refractivity contribution < 1.29 is 27.5 Å². The number of fused-ring (bicyclic) bond motifs is 1. The number of methoxy groups -OCH3 is 2.